The molecule has 29 aromatic rings. The largest absolute Gasteiger partial charge is 0.311 e. The van der Waals surface area contributed by atoms with Gasteiger partial charge in [-0.1, -0.05) is 361 Å². The van der Waals surface area contributed by atoms with E-state index in [0.29, 0.717) is 11.8 Å². The minimum Gasteiger partial charge on any atom is -0.311 e. The third-order valence-corrected chi connectivity index (χ3v) is 29.4. The number of benzene rings is 21. The van der Waals surface area contributed by atoms with E-state index in [0.717, 1.165) is 47.0 Å². The molecule has 149 heavy (non-hydrogen) atoms. The maximum Gasteiger partial charge on any atom is 0.0804 e. The first-order valence-corrected chi connectivity index (χ1v) is 51.9. The van der Waals surface area contributed by atoms with E-state index in [-0.39, 0.29) is 0 Å². The molecule has 712 valence electrons. The Balaban J connectivity index is 0.000000101. The molecular weight excluding hydrogens is 1810 g/mol. The summed E-state index contributed by atoms with van der Waals surface area (Å²) in [4.78, 5) is 2.30. The molecule has 0 N–H and O–H groups in total. The van der Waals surface area contributed by atoms with Crippen molar-refractivity contribution in [3.05, 3.63) is 551 Å². The summed E-state index contributed by atoms with van der Waals surface area (Å²) in [6, 6.07) is 194. The van der Waals surface area contributed by atoms with Gasteiger partial charge in [-0.15, -0.1) is 0 Å². The highest BCUT2D eigenvalue weighted by Crippen LogP contribution is 2.49. The van der Waals surface area contributed by atoms with Gasteiger partial charge in [0.25, 0.3) is 0 Å². The predicted octanol–water partition coefficient (Wildman–Crippen LogP) is 37.3. The van der Waals surface area contributed by atoms with Crippen LogP contribution >= 0.6 is 0 Å². The summed E-state index contributed by atoms with van der Waals surface area (Å²) in [5.41, 5.74) is 40.1. The smallest absolute Gasteiger partial charge is 0.0804 e. The summed E-state index contributed by atoms with van der Waals surface area (Å²) in [5, 5.41) is 12.7. The molecule has 0 saturated heterocycles. The zero-order valence-electron chi connectivity index (χ0n) is 83.5. The van der Waals surface area contributed by atoms with Crippen molar-refractivity contribution in [1.29, 1.82) is 0 Å². The van der Waals surface area contributed by atoms with Crippen LogP contribution in [0, 0.1) is 11.8 Å². The van der Waals surface area contributed by atoms with E-state index in [1.54, 1.807) is 0 Å². The number of nitrogens with zero attached hydrogens (tertiary/aromatic N) is 9. The molecule has 0 radical (unpaired) electrons. The molecule has 0 spiro atoms. The minimum atomic E-state index is 0.653. The van der Waals surface area contributed by atoms with Gasteiger partial charge in [0.15, 0.2) is 0 Å². The van der Waals surface area contributed by atoms with Gasteiger partial charge >= 0.3 is 0 Å². The summed E-state index contributed by atoms with van der Waals surface area (Å²) >= 11 is 0. The van der Waals surface area contributed by atoms with Crippen LogP contribution in [0.1, 0.15) is 38.8 Å². The van der Waals surface area contributed by atoms with E-state index in [1.807, 2.05) is 0 Å². The van der Waals surface area contributed by atoms with E-state index in [9.17, 15) is 0 Å². The summed E-state index contributed by atoms with van der Waals surface area (Å²) in [6.45, 7) is 9.12. The zero-order chi connectivity index (χ0) is 99.5. The lowest BCUT2D eigenvalue weighted by atomic mass is 10.0. The third kappa shape index (κ3) is 16.1. The van der Waals surface area contributed by atoms with Crippen molar-refractivity contribution >= 4 is 159 Å². The predicted molar refractivity (Wildman–Crippen MR) is 631 cm³/mol. The van der Waals surface area contributed by atoms with E-state index in [1.165, 1.54) is 204 Å². The molecule has 0 bridgehead atoms. The van der Waals surface area contributed by atoms with E-state index < -0.39 is 0 Å². The molecule has 0 aliphatic heterocycles. The fourth-order valence-electron chi connectivity index (χ4n) is 23.2. The Labute approximate surface area is 865 Å². The van der Waals surface area contributed by atoms with E-state index in [2.05, 4.69) is 609 Å². The van der Waals surface area contributed by atoms with Crippen molar-refractivity contribution in [1.82, 2.24) is 36.5 Å². The van der Waals surface area contributed by atoms with Gasteiger partial charge in [-0.25, -0.2) is 0 Å². The van der Waals surface area contributed by atoms with Gasteiger partial charge in [0, 0.05) is 116 Å². The standard InChI is InChI=1S/C38H27N3.C38H26N2.C34H34N2.C30H20N2/c1-4-14-28(15-5-1)39(29-16-6-2-7-17-29)31-24-26-32(27-25-31)41-36-23-13-11-21-34(36)37-38(41)33-20-10-12-22-35(33)40(37)30-18-8-3-9-19-30;1-5-13-27(14-6-1)29-21-23-35-33(25-29)37-38(39(35)31-17-9-3-10-18-31)34-26-30(28-15-7-2-8-16-28)22-24-36(34)40(37)32-19-11-4-12-20-32;1-23(2)21-25-13-17-27(18-14-25)35-31-11-7-5-9-29(31)34-33(35)30-10-6-8-12-32(30)36(34)28-19-15-26(16-20-28)22-24(3)4;1-3-11-21(12-4-1)31-25-17-9-7-15-23(25)29-27(31)19-20-28-30(29)24-16-8-10-18-26(24)32(28)22-13-5-2-6-14-22/h1-27H;1-26H;5-20,23-24H,21-22H2,1-4H3;1-20H. The molecule has 29 rings (SSSR count). The van der Waals surface area contributed by atoms with Gasteiger partial charge in [-0.05, 0) is 264 Å². The average molecular weight is 1920 g/mol. The van der Waals surface area contributed by atoms with Gasteiger partial charge in [-0.3, -0.25) is 0 Å². The second-order valence-electron chi connectivity index (χ2n) is 39.7. The zero-order valence-corrected chi connectivity index (χ0v) is 83.5. The number of hydrogen-bond donors (Lipinski definition) is 0. The van der Waals surface area contributed by atoms with Gasteiger partial charge in [-0.2, -0.15) is 0 Å². The van der Waals surface area contributed by atoms with Crippen molar-refractivity contribution in [3.63, 3.8) is 0 Å². The van der Waals surface area contributed by atoms with Crippen LogP contribution in [0.4, 0.5) is 17.1 Å². The molecule has 0 aliphatic rings. The maximum atomic E-state index is 2.45. The molecule has 9 nitrogen and oxygen atoms in total. The van der Waals surface area contributed by atoms with Gasteiger partial charge in [0.05, 0.1) is 88.3 Å². The Hall–Kier alpha value is -19.0. The number of hydrogen-bond acceptors (Lipinski definition) is 1. The molecule has 0 unspecified atom stereocenters. The van der Waals surface area contributed by atoms with Crippen LogP contribution in [0.5, 0.6) is 0 Å². The van der Waals surface area contributed by atoms with Crippen LogP contribution in [0.2, 0.25) is 0 Å². The highest BCUT2D eigenvalue weighted by atomic mass is 15.1. The summed E-state index contributed by atoms with van der Waals surface area (Å²) in [6.07, 6.45) is 2.21. The molecule has 8 aromatic heterocycles. The average Bonchev–Trinajstić information content (AvgIpc) is 1.55. The molecule has 21 aromatic carbocycles. The molecule has 0 amide bonds. The van der Waals surface area contributed by atoms with Crippen molar-refractivity contribution < 1.29 is 0 Å². The minimum absolute atomic E-state index is 0.653. The van der Waals surface area contributed by atoms with Gasteiger partial charge in [0.2, 0.25) is 0 Å². The first-order chi connectivity index (χ1) is 73.7. The molecule has 0 aliphatic carbocycles. The molecule has 0 fully saturated rings. The second-order valence-corrected chi connectivity index (χ2v) is 39.7. The monoisotopic (exact) mass is 1910 g/mol. The fraction of sp³-hybridized carbons (Fsp3) is 0.0571. The molecule has 9 heteroatoms. The van der Waals surface area contributed by atoms with Crippen LogP contribution < -0.4 is 4.90 Å². The summed E-state index contributed by atoms with van der Waals surface area (Å²) in [7, 11) is 0. The maximum absolute atomic E-state index is 2.45. The van der Waals surface area contributed by atoms with Crippen molar-refractivity contribution in [2.45, 2.75) is 40.5 Å². The fourth-order valence-corrected chi connectivity index (χ4v) is 23.2. The normalized spacial score (nSPS) is 11.7. The van der Waals surface area contributed by atoms with Crippen molar-refractivity contribution in [2.24, 2.45) is 11.8 Å². The molecule has 0 saturated carbocycles. The Bertz CT molecular complexity index is 9490. The lowest BCUT2D eigenvalue weighted by molar-refractivity contribution is 0.647. The lowest BCUT2D eigenvalue weighted by Crippen LogP contribution is -2.09. The van der Waals surface area contributed by atoms with Crippen LogP contribution in [0.25, 0.3) is 210 Å². The Morgan fingerprint density at radius 1 is 0.154 bits per heavy atom. The van der Waals surface area contributed by atoms with Crippen LogP contribution in [-0.4, -0.2) is 36.5 Å². The first-order valence-electron chi connectivity index (χ1n) is 51.9. The number of rotatable bonds is 17. The summed E-state index contributed by atoms with van der Waals surface area (Å²) < 4.78 is 19.4. The van der Waals surface area contributed by atoms with Crippen molar-refractivity contribution in [2.75, 3.05) is 4.90 Å². The Kier molecular flexibility index (Phi) is 23.4. The number of aromatic nitrogens is 8. The Morgan fingerprint density at radius 3 is 0.638 bits per heavy atom. The Morgan fingerprint density at radius 2 is 0.356 bits per heavy atom. The number of fused-ring (bicyclic) bond motifs is 22. The topological polar surface area (TPSA) is 42.7 Å². The molecule has 0 atom stereocenters. The summed E-state index contributed by atoms with van der Waals surface area (Å²) in [5.74, 6) is 1.31. The molecular formula is C140H107N9. The highest BCUT2D eigenvalue weighted by molar-refractivity contribution is 6.30. The highest BCUT2D eigenvalue weighted by Gasteiger charge is 2.29. The third-order valence-electron chi connectivity index (χ3n) is 29.4. The van der Waals surface area contributed by atoms with Crippen LogP contribution in [-0.2, 0) is 12.8 Å². The van der Waals surface area contributed by atoms with E-state index >= 15 is 0 Å². The van der Waals surface area contributed by atoms with Crippen LogP contribution in [0.3, 0.4) is 0 Å². The second kappa shape index (κ2) is 38.6. The SMILES string of the molecule is CC(C)Cc1ccc(-n2c3ccccc3c3c2c2ccccc2n3-c2ccc(CC(C)C)cc2)cc1.c1ccc(-c2ccc3c(c2)c2c(c4cc(-c5ccccc5)ccc4n2-c2ccccc2)n3-c2ccccc2)cc1.c1ccc(-n2c3ccccc3c3c4c5ccccc5n(-c5ccccc5)c4ccc32)cc1.c1ccc(N(c2ccccc2)c2ccc(-n3c4ccccc4c4c3c3ccccc3n4-c3ccccc3)cc2)cc1. The van der Waals surface area contributed by atoms with E-state index in [4.69, 9.17) is 0 Å². The number of anilines is 3. The van der Waals surface area contributed by atoms with Gasteiger partial charge < -0.3 is 41.4 Å². The lowest BCUT2D eigenvalue weighted by Gasteiger charge is -2.25. The molecule has 8 heterocycles. The van der Waals surface area contributed by atoms with Crippen molar-refractivity contribution in [3.8, 4) is 67.8 Å². The van der Waals surface area contributed by atoms with Gasteiger partial charge in [0.1, 0.15) is 0 Å². The quantitative estimate of drug-likeness (QED) is 0.0896. The number of para-hydroxylation sites is 13. The first kappa shape index (κ1) is 90.1. The van der Waals surface area contributed by atoms with Crippen LogP contribution in [0.15, 0.2) is 540 Å².